The molecule has 0 aliphatic carbocycles. The van der Waals surface area contributed by atoms with Crippen LogP contribution < -0.4 is 15.8 Å². The van der Waals surface area contributed by atoms with Crippen molar-refractivity contribution in [2.24, 2.45) is 0 Å². The minimum absolute atomic E-state index is 0.0189. The number of nitrogens with zero attached hydrogens (tertiary/aromatic N) is 5. The predicted molar refractivity (Wildman–Crippen MR) is 102 cm³/mol. The molecule has 2 heterocycles. The van der Waals surface area contributed by atoms with E-state index in [4.69, 9.17) is 10.5 Å². The Hall–Kier alpha value is -3.88. The number of nitrogen functional groups attached to an aromatic ring is 1. The maximum Gasteiger partial charge on any atom is 0.242 e. The topological polar surface area (TPSA) is 124 Å². The number of imidazole rings is 1. The largest absolute Gasteiger partial charge is 0.504 e. The standard InChI is InChI=1S/C18H17N7O2/c1-10-20-16(19)24-17(21-10)25-13-6-4-3-5-12(13)23-18(25)22-11-7-8-15(27-2)14(26)9-11/h3-9,26H,1-2H3,(H,22,23)(H2,19,20,21,24). The number of nitrogens with one attached hydrogen (secondary N) is 1. The highest BCUT2D eigenvalue weighted by Gasteiger charge is 2.16. The second-order valence-electron chi connectivity index (χ2n) is 5.81. The monoisotopic (exact) mass is 363 g/mol. The van der Waals surface area contributed by atoms with Crippen LogP contribution in [0, 0.1) is 6.92 Å². The molecule has 0 atom stereocenters. The zero-order valence-corrected chi connectivity index (χ0v) is 14.7. The van der Waals surface area contributed by atoms with E-state index in [0.29, 0.717) is 29.2 Å². The summed E-state index contributed by atoms with van der Waals surface area (Å²) >= 11 is 0. The first-order valence-corrected chi connectivity index (χ1v) is 8.15. The summed E-state index contributed by atoms with van der Waals surface area (Å²) in [6, 6.07) is 12.6. The Kier molecular flexibility index (Phi) is 3.96. The summed E-state index contributed by atoms with van der Waals surface area (Å²) in [5, 5.41) is 13.2. The molecule has 0 saturated heterocycles. The van der Waals surface area contributed by atoms with E-state index in [1.165, 1.54) is 7.11 Å². The first-order chi connectivity index (χ1) is 13.0. The van der Waals surface area contributed by atoms with E-state index in [9.17, 15) is 5.11 Å². The minimum atomic E-state index is 0.0189. The molecule has 0 bridgehead atoms. The van der Waals surface area contributed by atoms with Crippen LogP contribution in [0.1, 0.15) is 5.82 Å². The summed E-state index contributed by atoms with van der Waals surface area (Å²) in [5.41, 5.74) is 8.00. The van der Waals surface area contributed by atoms with Crippen molar-refractivity contribution in [1.29, 1.82) is 0 Å². The van der Waals surface area contributed by atoms with Gasteiger partial charge in [-0.05, 0) is 31.2 Å². The number of para-hydroxylation sites is 2. The van der Waals surface area contributed by atoms with Gasteiger partial charge in [-0.3, -0.25) is 0 Å². The van der Waals surface area contributed by atoms with Crippen LogP contribution in [0.15, 0.2) is 42.5 Å². The lowest BCUT2D eigenvalue weighted by Gasteiger charge is -2.11. The molecule has 9 nitrogen and oxygen atoms in total. The molecule has 0 radical (unpaired) electrons. The fourth-order valence-electron chi connectivity index (χ4n) is 2.80. The summed E-state index contributed by atoms with van der Waals surface area (Å²) in [5.74, 6) is 1.87. The third kappa shape index (κ3) is 3.06. The summed E-state index contributed by atoms with van der Waals surface area (Å²) in [7, 11) is 1.50. The van der Waals surface area contributed by atoms with Crippen LogP contribution in [-0.2, 0) is 0 Å². The van der Waals surface area contributed by atoms with Crippen molar-refractivity contribution in [1.82, 2.24) is 24.5 Å². The van der Waals surface area contributed by atoms with Crippen LogP contribution in [0.4, 0.5) is 17.6 Å². The number of anilines is 3. The Balaban J connectivity index is 1.86. The summed E-state index contributed by atoms with van der Waals surface area (Å²) in [6.07, 6.45) is 0. The Morgan fingerprint density at radius 2 is 1.89 bits per heavy atom. The lowest BCUT2D eigenvalue weighted by atomic mass is 10.3. The molecular formula is C18H17N7O2. The number of methoxy groups -OCH3 is 1. The molecule has 4 rings (SSSR count). The first-order valence-electron chi connectivity index (χ1n) is 8.15. The number of hydrogen-bond acceptors (Lipinski definition) is 8. The second kappa shape index (κ2) is 6.45. The van der Waals surface area contributed by atoms with Crippen molar-refractivity contribution in [3.63, 3.8) is 0 Å². The van der Waals surface area contributed by atoms with Crippen molar-refractivity contribution in [3.05, 3.63) is 48.3 Å². The SMILES string of the molecule is COc1ccc(Nc2nc3ccccc3n2-c2nc(C)nc(N)n2)cc1O. The normalized spacial score (nSPS) is 10.9. The Bertz CT molecular complexity index is 1120. The number of benzene rings is 2. The van der Waals surface area contributed by atoms with Crippen LogP contribution in [0.2, 0.25) is 0 Å². The molecule has 0 fully saturated rings. The lowest BCUT2D eigenvalue weighted by Crippen LogP contribution is -2.10. The van der Waals surface area contributed by atoms with E-state index in [2.05, 4.69) is 25.3 Å². The zero-order chi connectivity index (χ0) is 19.0. The quantitative estimate of drug-likeness (QED) is 0.505. The van der Waals surface area contributed by atoms with E-state index in [1.54, 1.807) is 29.7 Å². The first kappa shape index (κ1) is 16.6. The zero-order valence-electron chi connectivity index (χ0n) is 14.7. The number of phenols is 1. The highest BCUT2D eigenvalue weighted by Crippen LogP contribution is 2.31. The average molecular weight is 363 g/mol. The van der Waals surface area contributed by atoms with Crippen LogP contribution >= 0.6 is 0 Å². The van der Waals surface area contributed by atoms with Gasteiger partial charge in [0.2, 0.25) is 17.8 Å². The highest BCUT2D eigenvalue weighted by atomic mass is 16.5. The molecule has 0 aliphatic heterocycles. The van der Waals surface area contributed by atoms with Gasteiger partial charge in [0.05, 0.1) is 18.1 Å². The van der Waals surface area contributed by atoms with Crippen LogP contribution in [0.5, 0.6) is 11.5 Å². The molecule has 0 amide bonds. The number of nitrogens with two attached hydrogens (primary N) is 1. The predicted octanol–water partition coefficient (Wildman–Crippen LogP) is 2.56. The smallest absolute Gasteiger partial charge is 0.242 e. The Labute approximate surface area is 154 Å². The number of hydrogen-bond donors (Lipinski definition) is 3. The third-order valence-corrected chi connectivity index (χ3v) is 3.95. The Morgan fingerprint density at radius 1 is 1.07 bits per heavy atom. The molecule has 2 aromatic carbocycles. The number of rotatable bonds is 4. The van der Waals surface area contributed by atoms with Gasteiger partial charge in [0, 0.05) is 11.8 Å². The second-order valence-corrected chi connectivity index (χ2v) is 5.81. The summed E-state index contributed by atoms with van der Waals surface area (Å²) in [4.78, 5) is 17.3. The van der Waals surface area contributed by atoms with Gasteiger partial charge in [0.15, 0.2) is 11.5 Å². The van der Waals surface area contributed by atoms with Crippen molar-refractivity contribution in [3.8, 4) is 17.4 Å². The molecule has 0 spiro atoms. The van der Waals surface area contributed by atoms with Gasteiger partial charge in [-0.25, -0.2) is 9.55 Å². The highest BCUT2D eigenvalue weighted by molar-refractivity contribution is 5.81. The summed E-state index contributed by atoms with van der Waals surface area (Å²) in [6.45, 7) is 1.75. The molecule has 136 valence electrons. The molecule has 27 heavy (non-hydrogen) atoms. The molecule has 9 heteroatoms. The van der Waals surface area contributed by atoms with Crippen LogP contribution in [0.3, 0.4) is 0 Å². The van der Waals surface area contributed by atoms with E-state index in [1.807, 2.05) is 24.3 Å². The van der Waals surface area contributed by atoms with Gasteiger partial charge in [0.1, 0.15) is 5.82 Å². The van der Waals surface area contributed by atoms with Crippen molar-refractivity contribution >= 4 is 28.6 Å². The molecule has 0 unspecified atom stereocenters. The molecule has 0 aliphatic rings. The van der Waals surface area contributed by atoms with Gasteiger partial charge < -0.3 is 20.9 Å². The number of ether oxygens (including phenoxy) is 1. The van der Waals surface area contributed by atoms with Gasteiger partial charge in [-0.15, -0.1) is 0 Å². The maximum atomic E-state index is 10.0. The number of aromatic hydroxyl groups is 1. The fourth-order valence-corrected chi connectivity index (χ4v) is 2.80. The molecule has 4 N–H and O–H groups in total. The summed E-state index contributed by atoms with van der Waals surface area (Å²) < 4.78 is 6.83. The maximum absolute atomic E-state index is 10.0. The van der Waals surface area contributed by atoms with Crippen LogP contribution in [-0.4, -0.2) is 36.7 Å². The number of aryl methyl sites for hydroxylation is 1. The minimum Gasteiger partial charge on any atom is -0.504 e. The average Bonchev–Trinajstić information content (AvgIpc) is 2.99. The van der Waals surface area contributed by atoms with Gasteiger partial charge in [-0.1, -0.05) is 12.1 Å². The van der Waals surface area contributed by atoms with Crippen molar-refractivity contribution in [2.75, 3.05) is 18.2 Å². The van der Waals surface area contributed by atoms with Gasteiger partial charge in [0.25, 0.3) is 0 Å². The van der Waals surface area contributed by atoms with E-state index in [0.717, 1.165) is 11.0 Å². The lowest BCUT2D eigenvalue weighted by molar-refractivity contribution is 0.373. The number of phenolic OH excluding ortho intramolecular Hbond substituents is 1. The van der Waals surface area contributed by atoms with Gasteiger partial charge in [-0.2, -0.15) is 15.0 Å². The molecule has 0 saturated carbocycles. The number of fused-ring (bicyclic) bond motifs is 1. The van der Waals surface area contributed by atoms with E-state index >= 15 is 0 Å². The fraction of sp³-hybridized carbons (Fsp3) is 0.111. The molecule has 2 aromatic heterocycles. The molecular weight excluding hydrogens is 346 g/mol. The third-order valence-electron chi connectivity index (χ3n) is 3.95. The van der Waals surface area contributed by atoms with Crippen molar-refractivity contribution in [2.45, 2.75) is 6.92 Å². The number of aromatic nitrogens is 5. The van der Waals surface area contributed by atoms with Gasteiger partial charge >= 0.3 is 0 Å². The molecule has 4 aromatic rings. The Morgan fingerprint density at radius 3 is 2.63 bits per heavy atom. The van der Waals surface area contributed by atoms with Crippen LogP contribution in [0.25, 0.3) is 17.0 Å². The van der Waals surface area contributed by atoms with E-state index < -0.39 is 0 Å². The van der Waals surface area contributed by atoms with E-state index in [-0.39, 0.29) is 11.7 Å². The van der Waals surface area contributed by atoms with Crippen molar-refractivity contribution < 1.29 is 9.84 Å².